The minimum Gasteiger partial charge on any atom is -0.497 e. The first-order valence-corrected chi connectivity index (χ1v) is 45.8. The standard InChI is InChI=1S/C87H133ClO17Si2/c1-22-24-27-36-74(92-16)81(96-59-65-40-44-67(91-15)45-41-65)82-80(101-85(12,13)102-82)61(4)37-46-73-79(88)77(93-17)55-86(99-73)49-47-62(5)87(105-86)56-76(72(100-87)48-50-94-57-63-32-28-26-29-33-63)98-78(89)54-69-35-30-34-68(97-69)51-70(103-106(18,19)83(6,7)8)52-71(104-107(20,21)84(9,10)11)53-75(60(3)31-25-23-2)95-58-64-38-42-66(90-14)43-39-64/h26,28-29,32-33,38-45,60,62,68-77,79-82H,4,27,30-31,34-37,46-59H2,1-3,5-21H3/t60-,62-,68-,69+,70+,71-,72-,73+,74-,75+,76-,77+,79+,80-,81-,82-,86+,87+/m0/s1. The zero-order valence-electron chi connectivity index (χ0n) is 68.6. The van der Waals surface area contributed by atoms with Crippen molar-refractivity contribution in [2.24, 2.45) is 11.8 Å². The first-order valence-electron chi connectivity index (χ1n) is 39.6. The molecule has 0 unspecified atom stereocenters. The van der Waals surface area contributed by atoms with Crippen molar-refractivity contribution in [2.75, 3.05) is 35.0 Å². The second-order valence-corrected chi connectivity index (χ2v) is 44.2. The summed E-state index contributed by atoms with van der Waals surface area (Å²) in [6, 6.07) is 26.0. The van der Waals surface area contributed by atoms with Crippen molar-refractivity contribution in [2.45, 2.75) is 350 Å². The average molecular weight is 1540 g/mol. The van der Waals surface area contributed by atoms with E-state index in [1.165, 1.54) is 0 Å². The van der Waals surface area contributed by atoms with Crippen LogP contribution >= 0.6 is 11.6 Å². The van der Waals surface area contributed by atoms with Crippen molar-refractivity contribution in [3.8, 4) is 35.2 Å². The van der Waals surface area contributed by atoms with Crippen LogP contribution in [0.15, 0.2) is 91.0 Å². The zero-order chi connectivity index (χ0) is 78.0. The lowest BCUT2D eigenvalue weighted by atomic mass is 9.82. The number of hydrogen-bond acceptors (Lipinski definition) is 17. The van der Waals surface area contributed by atoms with E-state index in [4.69, 9.17) is 86.8 Å². The van der Waals surface area contributed by atoms with Gasteiger partial charge < -0.3 is 75.2 Å². The van der Waals surface area contributed by atoms with Gasteiger partial charge in [-0.2, -0.15) is 0 Å². The predicted octanol–water partition coefficient (Wildman–Crippen LogP) is 18.7. The molecule has 5 saturated heterocycles. The summed E-state index contributed by atoms with van der Waals surface area (Å²) in [6.45, 7) is 41.3. The minimum absolute atomic E-state index is 0.0407. The summed E-state index contributed by atoms with van der Waals surface area (Å²) in [6.07, 6.45) is 4.62. The minimum atomic E-state index is -2.36. The molecule has 598 valence electrons. The Morgan fingerprint density at radius 1 is 0.701 bits per heavy atom. The van der Waals surface area contributed by atoms with Crippen molar-refractivity contribution in [3.05, 3.63) is 108 Å². The molecule has 0 saturated carbocycles. The lowest BCUT2D eigenvalue weighted by Crippen LogP contribution is -2.61. The second kappa shape index (κ2) is 40.0. The quantitative estimate of drug-likeness (QED) is 0.0133. The lowest BCUT2D eigenvalue weighted by Gasteiger charge is -2.54. The highest BCUT2D eigenvalue weighted by molar-refractivity contribution is 6.74. The molecule has 0 bridgehead atoms. The Kier molecular flexibility index (Phi) is 33.0. The van der Waals surface area contributed by atoms with E-state index < -0.39 is 82.1 Å². The van der Waals surface area contributed by atoms with Crippen molar-refractivity contribution < 1.29 is 80.0 Å². The SMILES string of the molecule is C=C(CC[C@H]1O[C@@]2(CC[C@H](C)[C@@]3(C[C@H](OC(=O)C[C@H]4CCC[C@@H](C[C@H](C[C@@H](C[C@@H](OCc5ccc(OC)cc5)[C@@H](C)CC#CC)O[Si](C)(C)C(C)(C)C)O[Si](C)(C)C(C)(C)C)O4)[C@H](CCOCc4ccccc4)O3)O2)C[C@@H](OC)[C@@H]1Cl)[C@@H]1OC(C)(C)O[C@@H]1[C@@H](OCc1ccc(OC)cc1)[C@H](CCC#CC)OC. The summed E-state index contributed by atoms with van der Waals surface area (Å²) in [5.41, 5.74) is 3.92. The number of carbonyl (C=O) groups is 1. The number of ether oxygens (including phenoxy) is 14. The number of hydrogen-bond donors (Lipinski definition) is 0. The smallest absolute Gasteiger partial charge is 0.308 e. The maximum Gasteiger partial charge on any atom is 0.308 e. The highest BCUT2D eigenvalue weighted by Gasteiger charge is 2.62. The van der Waals surface area contributed by atoms with Gasteiger partial charge in [-0.3, -0.25) is 4.79 Å². The molecule has 2 spiro atoms. The van der Waals surface area contributed by atoms with Crippen LogP contribution in [0.1, 0.15) is 209 Å². The Labute approximate surface area is 650 Å². The van der Waals surface area contributed by atoms with E-state index in [2.05, 4.69) is 136 Å². The number of carbonyl (C=O) groups excluding carboxylic acids is 1. The Morgan fingerprint density at radius 2 is 1.32 bits per heavy atom. The highest BCUT2D eigenvalue weighted by atomic mass is 35.5. The van der Waals surface area contributed by atoms with Crippen molar-refractivity contribution in [1.82, 2.24) is 0 Å². The fraction of sp³-hybridized carbons (Fsp3) is 0.713. The number of halogens is 1. The molecule has 3 aromatic rings. The molecule has 8 rings (SSSR count). The van der Waals surface area contributed by atoms with E-state index in [0.717, 1.165) is 53.0 Å². The van der Waals surface area contributed by atoms with Gasteiger partial charge in [-0.15, -0.1) is 35.3 Å². The molecule has 107 heavy (non-hydrogen) atoms. The predicted molar refractivity (Wildman–Crippen MR) is 426 cm³/mol. The highest BCUT2D eigenvalue weighted by Crippen LogP contribution is 2.54. The molecule has 0 amide bonds. The molecule has 0 radical (unpaired) electrons. The van der Waals surface area contributed by atoms with Gasteiger partial charge in [0.15, 0.2) is 34.0 Å². The number of alkyl halides is 1. The molecular formula is C87H133ClO17Si2. The normalized spacial score (nSPS) is 27.8. The topological polar surface area (TPSA) is 165 Å². The molecule has 17 nitrogen and oxygen atoms in total. The van der Waals surface area contributed by atoms with Crippen LogP contribution in [0.3, 0.4) is 0 Å². The Morgan fingerprint density at radius 3 is 1.93 bits per heavy atom. The van der Waals surface area contributed by atoms with Crippen LogP contribution in [-0.2, 0) is 90.3 Å². The maximum absolute atomic E-state index is 14.9. The van der Waals surface area contributed by atoms with Gasteiger partial charge >= 0.3 is 5.97 Å². The third-order valence-corrected chi connectivity index (χ3v) is 33.2. The lowest BCUT2D eigenvalue weighted by molar-refractivity contribution is -0.413. The zero-order valence-corrected chi connectivity index (χ0v) is 71.4. The first-order chi connectivity index (χ1) is 50.7. The van der Waals surface area contributed by atoms with Gasteiger partial charge in [-0.05, 0) is 181 Å². The Hall–Kier alpha value is -4.21. The molecular weight excluding hydrogens is 1410 g/mol. The van der Waals surface area contributed by atoms with Crippen LogP contribution in [0.2, 0.25) is 36.3 Å². The Bertz CT molecular complexity index is 3340. The fourth-order valence-corrected chi connectivity index (χ4v) is 18.3. The van der Waals surface area contributed by atoms with Crippen LogP contribution in [0, 0.1) is 35.5 Å². The van der Waals surface area contributed by atoms with Crippen molar-refractivity contribution >= 4 is 34.2 Å². The van der Waals surface area contributed by atoms with Gasteiger partial charge in [-0.1, -0.05) is 117 Å². The van der Waals surface area contributed by atoms with Crippen molar-refractivity contribution in [3.63, 3.8) is 0 Å². The number of methoxy groups -OCH3 is 4. The van der Waals surface area contributed by atoms with E-state index in [-0.39, 0.29) is 70.9 Å². The molecule has 5 aliphatic rings. The fourth-order valence-electron chi connectivity index (χ4n) is 15.1. The first kappa shape index (κ1) is 88.4. The third-order valence-electron chi connectivity index (χ3n) is 23.5. The van der Waals surface area contributed by atoms with E-state index >= 15 is 0 Å². The van der Waals surface area contributed by atoms with Crippen LogP contribution in [0.4, 0.5) is 0 Å². The van der Waals surface area contributed by atoms with E-state index in [1.807, 2.05) is 82.3 Å². The maximum atomic E-state index is 14.9. The van der Waals surface area contributed by atoms with Crippen LogP contribution in [-0.4, -0.2) is 160 Å². The van der Waals surface area contributed by atoms with Gasteiger partial charge in [0.05, 0.1) is 82.5 Å². The van der Waals surface area contributed by atoms with Gasteiger partial charge in [0.2, 0.25) is 0 Å². The van der Waals surface area contributed by atoms with Gasteiger partial charge in [0.25, 0.3) is 0 Å². The molecule has 0 aliphatic carbocycles. The summed E-state index contributed by atoms with van der Waals surface area (Å²) in [7, 11) is 2.03. The van der Waals surface area contributed by atoms with Crippen LogP contribution in [0.25, 0.3) is 0 Å². The largest absolute Gasteiger partial charge is 0.497 e. The van der Waals surface area contributed by atoms with E-state index in [9.17, 15) is 4.79 Å². The number of rotatable bonds is 38. The van der Waals surface area contributed by atoms with Crippen LogP contribution in [0.5, 0.6) is 11.5 Å². The van der Waals surface area contributed by atoms with Crippen LogP contribution < -0.4 is 9.47 Å². The Balaban J connectivity index is 0.987. The summed E-state index contributed by atoms with van der Waals surface area (Å²) >= 11 is 7.46. The second-order valence-electron chi connectivity index (χ2n) is 34.2. The number of esters is 1. The van der Waals surface area contributed by atoms with E-state index in [0.29, 0.717) is 110 Å². The molecule has 0 aromatic heterocycles. The third kappa shape index (κ3) is 25.1. The van der Waals surface area contributed by atoms with Gasteiger partial charge in [0.1, 0.15) is 42.0 Å². The summed E-state index contributed by atoms with van der Waals surface area (Å²) in [5.74, 6) is 10.7. The van der Waals surface area contributed by atoms with E-state index in [1.54, 1.807) is 28.4 Å². The molecule has 18 atom stereocenters. The monoisotopic (exact) mass is 1540 g/mol. The molecule has 5 aliphatic heterocycles. The average Bonchev–Trinajstić information content (AvgIpc) is 1.68. The summed E-state index contributed by atoms with van der Waals surface area (Å²) < 4.78 is 108. The summed E-state index contributed by atoms with van der Waals surface area (Å²) in [5, 5.41) is -0.622. The molecule has 20 heteroatoms. The summed E-state index contributed by atoms with van der Waals surface area (Å²) in [4.78, 5) is 14.9. The number of benzene rings is 3. The van der Waals surface area contributed by atoms with Gasteiger partial charge in [-0.25, -0.2) is 0 Å². The molecule has 0 N–H and O–H groups in total. The molecule has 3 aromatic carbocycles. The molecule has 5 heterocycles. The van der Waals surface area contributed by atoms with Gasteiger partial charge in [0, 0.05) is 77.5 Å². The van der Waals surface area contributed by atoms with Crippen molar-refractivity contribution in [1.29, 1.82) is 0 Å². The molecule has 5 fully saturated rings.